The third-order valence-corrected chi connectivity index (χ3v) is 8.04. The Morgan fingerprint density at radius 3 is 2.44 bits per heavy atom. The van der Waals surface area contributed by atoms with E-state index in [2.05, 4.69) is 10.3 Å². The number of primary amides is 1. The number of H-pyrrole nitrogens is 1. The predicted octanol–water partition coefficient (Wildman–Crippen LogP) is 5.48. The molecule has 0 radical (unpaired) electrons. The van der Waals surface area contributed by atoms with Crippen LogP contribution in [0.4, 0.5) is 10.1 Å². The van der Waals surface area contributed by atoms with Crippen LogP contribution in [0, 0.1) is 12.7 Å². The van der Waals surface area contributed by atoms with Crippen LogP contribution in [0.15, 0.2) is 72.8 Å². The van der Waals surface area contributed by atoms with Gasteiger partial charge in [0.25, 0.3) is 17.7 Å². The molecular weight excluding hydrogens is 551 g/mol. The molecule has 1 saturated heterocycles. The van der Waals surface area contributed by atoms with Gasteiger partial charge >= 0.3 is 5.97 Å². The maximum absolute atomic E-state index is 13.3. The Hall–Kier alpha value is -5.51. The number of nitrogens with one attached hydrogen (secondary N) is 2. The molecule has 5 N–H and O–H groups in total. The molecule has 4 aromatic carbocycles. The van der Waals surface area contributed by atoms with Crippen molar-refractivity contribution in [2.75, 3.05) is 11.9 Å². The van der Waals surface area contributed by atoms with Crippen LogP contribution in [0.25, 0.3) is 32.9 Å². The van der Waals surface area contributed by atoms with Gasteiger partial charge in [-0.25, -0.2) is 9.18 Å². The third kappa shape index (κ3) is 4.86. The van der Waals surface area contributed by atoms with E-state index in [0.717, 1.165) is 22.1 Å². The lowest BCUT2D eigenvalue weighted by Gasteiger charge is -2.21. The Labute approximate surface area is 245 Å². The fourth-order valence-electron chi connectivity index (χ4n) is 5.87. The number of anilines is 1. The van der Waals surface area contributed by atoms with Crippen LogP contribution in [-0.2, 0) is 4.79 Å². The molecule has 9 nitrogen and oxygen atoms in total. The minimum atomic E-state index is -1.03. The van der Waals surface area contributed by atoms with E-state index >= 15 is 0 Å². The van der Waals surface area contributed by atoms with E-state index in [4.69, 9.17) is 5.73 Å². The molecule has 2 heterocycles. The number of nitrogens with two attached hydrogens (primary N) is 1. The minimum absolute atomic E-state index is 0.270. The highest BCUT2D eigenvalue weighted by Crippen LogP contribution is 2.39. The lowest BCUT2D eigenvalue weighted by molar-refractivity contribution is -0.141. The number of carboxylic acid groups (broad SMARTS) is 1. The van der Waals surface area contributed by atoms with Gasteiger partial charge in [0.1, 0.15) is 11.9 Å². The molecule has 3 amide bonds. The fraction of sp³-hybridized carbons (Fsp3) is 0.152. The number of fused-ring (bicyclic) bond motifs is 3. The topological polar surface area (TPSA) is 146 Å². The van der Waals surface area contributed by atoms with E-state index in [1.54, 1.807) is 42.5 Å². The van der Waals surface area contributed by atoms with Gasteiger partial charge in [0.05, 0.1) is 11.1 Å². The number of carbonyl (C=O) groups excluding carboxylic acids is 3. The first-order valence-electron chi connectivity index (χ1n) is 13.7. The van der Waals surface area contributed by atoms with Crippen LogP contribution < -0.4 is 11.1 Å². The molecule has 1 aromatic heterocycles. The number of aromatic nitrogens is 1. The number of hydrogen-bond acceptors (Lipinski definition) is 4. The van der Waals surface area contributed by atoms with Gasteiger partial charge in [-0.1, -0.05) is 24.3 Å². The summed E-state index contributed by atoms with van der Waals surface area (Å²) in [6, 6.07) is 18.4. The van der Waals surface area contributed by atoms with E-state index in [1.807, 2.05) is 13.0 Å². The summed E-state index contributed by atoms with van der Waals surface area (Å²) in [6.07, 6.45) is 1.02. The van der Waals surface area contributed by atoms with Crippen molar-refractivity contribution >= 4 is 51.2 Å². The number of carbonyl (C=O) groups is 4. The number of carboxylic acids is 1. The maximum atomic E-state index is 13.3. The molecule has 1 aliphatic heterocycles. The van der Waals surface area contributed by atoms with Gasteiger partial charge < -0.3 is 26.0 Å². The summed E-state index contributed by atoms with van der Waals surface area (Å²) in [6.45, 7) is 2.23. The number of hydrogen-bond donors (Lipinski definition) is 4. The number of amides is 3. The zero-order chi connectivity index (χ0) is 30.4. The van der Waals surface area contributed by atoms with Crippen molar-refractivity contribution in [1.82, 2.24) is 9.88 Å². The van der Waals surface area contributed by atoms with Crippen molar-refractivity contribution in [3.05, 3.63) is 101 Å². The van der Waals surface area contributed by atoms with Crippen molar-refractivity contribution in [2.24, 2.45) is 5.73 Å². The number of likely N-dealkylation sites (tertiary alicyclic amines) is 1. The Morgan fingerprint density at radius 2 is 1.72 bits per heavy atom. The Kier molecular flexibility index (Phi) is 6.89. The first kappa shape index (κ1) is 27.6. The Bertz CT molecular complexity index is 1960. The monoisotopic (exact) mass is 578 g/mol. The van der Waals surface area contributed by atoms with Gasteiger partial charge in [-0.2, -0.15) is 0 Å². The van der Waals surface area contributed by atoms with E-state index in [-0.39, 0.29) is 17.4 Å². The largest absolute Gasteiger partial charge is 0.480 e. The van der Waals surface area contributed by atoms with Crippen LogP contribution in [0.5, 0.6) is 0 Å². The average molecular weight is 579 g/mol. The number of benzene rings is 4. The smallest absolute Gasteiger partial charge is 0.326 e. The first-order chi connectivity index (χ1) is 20.6. The quantitative estimate of drug-likeness (QED) is 0.211. The molecule has 1 atom stereocenters. The number of aromatic amines is 1. The van der Waals surface area contributed by atoms with Crippen molar-refractivity contribution in [3.8, 4) is 11.1 Å². The molecule has 0 bridgehead atoms. The maximum Gasteiger partial charge on any atom is 0.326 e. The van der Waals surface area contributed by atoms with Crippen molar-refractivity contribution in [1.29, 1.82) is 0 Å². The highest BCUT2D eigenvalue weighted by atomic mass is 19.1. The molecular formula is C33H27FN4O5. The first-order valence-corrected chi connectivity index (χ1v) is 13.7. The van der Waals surface area contributed by atoms with E-state index in [1.165, 1.54) is 29.2 Å². The molecule has 0 spiro atoms. The summed E-state index contributed by atoms with van der Waals surface area (Å²) in [5.41, 5.74) is 10.6. The fourth-order valence-corrected chi connectivity index (χ4v) is 5.87. The highest BCUT2D eigenvalue weighted by molar-refractivity contribution is 6.21. The summed E-state index contributed by atoms with van der Waals surface area (Å²) in [5.74, 6) is -2.85. The molecule has 1 fully saturated rings. The van der Waals surface area contributed by atoms with Crippen LogP contribution >= 0.6 is 0 Å². The van der Waals surface area contributed by atoms with E-state index in [9.17, 15) is 28.7 Å². The van der Waals surface area contributed by atoms with Crippen LogP contribution in [0.3, 0.4) is 0 Å². The van der Waals surface area contributed by atoms with Crippen molar-refractivity contribution in [2.45, 2.75) is 25.8 Å². The SMILES string of the molecule is Cc1c(NC(=O)c2ccc(F)cc2)cccc1-c1ccc(C(N)=O)c2[nH]c3cc(C(=O)N4CCC[C@@H]4C(=O)O)ccc3c12. The standard InChI is InChI=1S/C33H27FN4O5/c1-17-21(4-2-5-25(17)37-31(40)18-7-10-20(34)11-8-18)22-13-14-24(30(35)39)29-28(22)23-12-9-19(16-26(23)36-29)32(41)38-15-3-6-27(38)33(42)43/h2,4-5,7-14,16,27,36H,3,6,15H2,1H3,(H2,35,39)(H,37,40)(H,42,43)/t27-/m1/s1. The average Bonchev–Trinajstić information content (AvgIpc) is 3.63. The number of halogens is 1. The summed E-state index contributed by atoms with van der Waals surface area (Å²) < 4.78 is 13.3. The Morgan fingerprint density at radius 1 is 0.977 bits per heavy atom. The van der Waals surface area contributed by atoms with Gasteiger partial charge in [-0.3, -0.25) is 14.4 Å². The second kappa shape index (κ2) is 10.7. The molecule has 5 aromatic rings. The van der Waals surface area contributed by atoms with Gasteiger partial charge in [-0.05, 0) is 85.0 Å². The van der Waals surface area contributed by atoms with Gasteiger partial charge in [0.15, 0.2) is 0 Å². The zero-order valence-electron chi connectivity index (χ0n) is 23.1. The lowest BCUT2D eigenvalue weighted by atomic mass is 9.93. The van der Waals surface area contributed by atoms with E-state index < -0.39 is 23.7 Å². The summed E-state index contributed by atoms with van der Waals surface area (Å²) in [5, 5.41) is 13.9. The summed E-state index contributed by atoms with van der Waals surface area (Å²) >= 11 is 0. The predicted molar refractivity (Wildman–Crippen MR) is 161 cm³/mol. The number of nitrogens with zero attached hydrogens (tertiary/aromatic N) is 1. The van der Waals surface area contributed by atoms with Gasteiger partial charge in [-0.15, -0.1) is 0 Å². The number of rotatable bonds is 6. The molecule has 0 unspecified atom stereocenters. The van der Waals surface area contributed by atoms with Gasteiger partial charge in [0, 0.05) is 39.6 Å². The third-order valence-electron chi connectivity index (χ3n) is 8.04. The van der Waals surface area contributed by atoms with Crippen LogP contribution in [-0.4, -0.2) is 51.3 Å². The van der Waals surface area contributed by atoms with Crippen LogP contribution in [0.2, 0.25) is 0 Å². The van der Waals surface area contributed by atoms with Crippen molar-refractivity contribution < 1.29 is 28.7 Å². The normalized spacial score (nSPS) is 14.7. The number of aliphatic carboxylic acids is 1. The molecule has 43 heavy (non-hydrogen) atoms. The second-order valence-electron chi connectivity index (χ2n) is 10.6. The lowest BCUT2D eigenvalue weighted by Crippen LogP contribution is -2.40. The molecule has 0 saturated carbocycles. The molecule has 6 rings (SSSR count). The summed E-state index contributed by atoms with van der Waals surface area (Å²) in [4.78, 5) is 54.9. The highest BCUT2D eigenvalue weighted by Gasteiger charge is 2.34. The second-order valence-corrected chi connectivity index (χ2v) is 10.6. The van der Waals surface area contributed by atoms with E-state index in [0.29, 0.717) is 52.6 Å². The minimum Gasteiger partial charge on any atom is -0.480 e. The van der Waals surface area contributed by atoms with Crippen molar-refractivity contribution in [3.63, 3.8) is 0 Å². The zero-order valence-corrected chi connectivity index (χ0v) is 23.1. The molecule has 216 valence electrons. The van der Waals surface area contributed by atoms with Crippen LogP contribution in [0.1, 0.15) is 49.5 Å². The molecule has 1 aliphatic rings. The summed E-state index contributed by atoms with van der Waals surface area (Å²) in [7, 11) is 0. The van der Waals surface area contributed by atoms with Gasteiger partial charge in [0.2, 0.25) is 0 Å². The molecule has 10 heteroatoms. The molecule has 0 aliphatic carbocycles. The Balaban J connectivity index is 1.45.